The van der Waals surface area contributed by atoms with E-state index in [1.807, 2.05) is 0 Å². The minimum atomic E-state index is 0.507. The van der Waals surface area contributed by atoms with Crippen LogP contribution in [0.15, 0.2) is 0 Å². The first-order chi connectivity index (χ1) is 8.18. The van der Waals surface area contributed by atoms with Crippen LogP contribution in [-0.2, 0) is 0 Å². The summed E-state index contributed by atoms with van der Waals surface area (Å²) in [7, 11) is 0. The maximum absolute atomic E-state index is 3.47. The maximum Gasteiger partial charge on any atom is 0.0232 e. The molecule has 0 atom stereocenters. The molecule has 2 saturated heterocycles. The van der Waals surface area contributed by atoms with E-state index in [0.29, 0.717) is 11.6 Å². The van der Waals surface area contributed by atoms with E-state index in [1.54, 1.807) is 0 Å². The standard InChI is InChI=1S/C14H29N3/c1-4-14(17-11-7-15-8-12-17)5-9-16(10-6-14)13(2)3/h13,15H,4-12H2,1-3H3. The van der Waals surface area contributed by atoms with Crippen LogP contribution in [0.5, 0.6) is 0 Å². The molecule has 100 valence electrons. The van der Waals surface area contributed by atoms with Crippen LogP contribution in [0.25, 0.3) is 0 Å². The first kappa shape index (κ1) is 13.3. The minimum Gasteiger partial charge on any atom is -0.314 e. The van der Waals surface area contributed by atoms with Gasteiger partial charge in [0, 0.05) is 50.8 Å². The summed E-state index contributed by atoms with van der Waals surface area (Å²) < 4.78 is 0. The summed E-state index contributed by atoms with van der Waals surface area (Å²) in [5.74, 6) is 0. The highest BCUT2D eigenvalue weighted by molar-refractivity contribution is 4.96. The highest BCUT2D eigenvalue weighted by Crippen LogP contribution is 2.32. The number of hydrogen-bond donors (Lipinski definition) is 1. The lowest BCUT2D eigenvalue weighted by atomic mass is 9.82. The van der Waals surface area contributed by atoms with Crippen LogP contribution >= 0.6 is 0 Å². The van der Waals surface area contributed by atoms with Crippen LogP contribution < -0.4 is 5.32 Å². The maximum atomic E-state index is 3.47. The van der Waals surface area contributed by atoms with Gasteiger partial charge in [-0.25, -0.2) is 0 Å². The Hall–Kier alpha value is -0.120. The SMILES string of the molecule is CCC1(N2CCNCC2)CCN(C(C)C)CC1. The van der Waals surface area contributed by atoms with Crippen molar-refractivity contribution >= 4 is 0 Å². The highest BCUT2D eigenvalue weighted by atomic mass is 15.3. The minimum absolute atomic E-state index is 0.507. The van der Waals surface area contributed by atoms with Crippen LogP contribution in [0.4, 0.5) is 0 Å². The molecule has 0 aromatic carbocycles. The first-order valence-electron chi connectivity index (χ1n) is 7.38. The molecular weight excluding hydrogens is 210 g/mol. The van der Waals surface area contributed by atoms with Crippen molar-refractivity contribution in [2.75, 3.05) is 39.3 Å². The molecule has 3 nitrogen and oxygen atoms in total. The van der Waals surface area contributed by atoms with Gasteiger partial charge in [-0.1, -0.05) is 6.92 Å². The predicted molar refractivity (Wildman–Crippen MR) is 73.4 cm³/mol. The predicted octanol–water partition coefficient (Wildman–Crippen LogP) is 1.54. The van der Waals surface area contributed by atoms with E-state index < -0.39 is 0 Å². The van der Waals surface area contributed by atoms with E-state index in [-0.39, 0.29) is 0 Å². The van der Waals surface area contributed by atoms with Gasteiger partial charge in [0.05, 0.1) is 0 Å². The molecule has 2 fully saturated rings. The molecule has 0 spiro atoms. The van der Waals surface area contributed by atoms with Crippen LogP contribution in [0.1, 0.15) is 40.0 Å². The molecule has 1 N–H and O–H groups in total. The monoisotopic (exact) mass is 239 g/mol. The van der Waals surface area contributed by atoms with Crippen LogP contribution in [0, 0.1) is 0 Å². The van der Waals surface area contributed by atoms with E-state index in [4.69, 9.17) is 0 Å². The van der Waals surface area contributed by atoms with Gasteiger partial charge in [-0.2, -0.15) is 0 Å². The second kappa shape index (κ2) is 5.68. The molecule has 3 heteroatoms. The van der Waals surface area contributed by atoms with E-state index in [0.717, 1.165) is 0 Å². The van der Waals surface area contributed by atoms with Gasteiger partial charge in [0.15, 0.2) is 0 Å². The summed E-state index contributed by atoms with van der Waals surface area (Å²) in [6.45, 7) is 14.4. The molecule has 0 saturated carbocycles. The van der Waals surface area contributed by atoms with Gasteiger partial charge < -0.3 is 10.2 Å². The summed E-state index contributed by atoms with van der Waals surface area (Å²) in [6, 6.07) is 0.716. The smallest absolute Gasteiger partial charge is 0.0232 e. The Morgan fingerprint density at radius 2 is 1.65 bits per heavy atom. The molecule has 0 radical (unpaired) electrons. The van der Waals surface area contributed by atoms with Crippen molar-refractivity contribution in [2.45, 2.75) is 51.6 Å². The zero-order chi connectivity index (χ0) is 12.3. The van der Waals surface area contributed by atoms with E-state index in [1.165, 1.54) is 58.5 Å². The Morgan fingerprint density at radius 1 is 1.06 bits per heavy atom. The van der Waals surface area contributed by atoms with Crippen molar-refractivity contribution in [1.82, 2.24) is 15.1 Å². The van der Waals surface area contributed by atoms with Gasteiger partial charge in [-0.05, 0) is 33.1 Å². The fourth-order valence-corrected chi connectivity index (χ4v) is 3.49. The number of nitrogens with zero attached hydrogens (tertiary/aromatic N) is 2. The highest BCUT2D eigenvalue weighted by Gasteiger charge is 2.38. The summed E-state index contributed by atoms with van der Waals surface area (Å²) in [4.78, 5) is 5.40. The Bertz CT molecular complexity index is 226. The molecule has 0 aromatic rings. The molecule has 2 rings (SSSR count). The van der Waals surface area contributed by atoms with Crippen LogP contribution in [0.3, 0.4) is 0 Å². The van der Waals surface area contributed by atoms with Crippen molar-refractivity contribution in [3.63, 3.8) is 0 Å². The quantitative estimate of drug-likeness (QED) is 0.806. The molecule has 17 heavy (non-hydrogen) atoms. The second-order valence-corrected chi connectivity index (χ2v) is 5.94. The van der Waals surface area contributed by atoms with E-state index in [2.05, 4.69) is 35.9 Å². The van der Waals surface area contributed by atoms with Gasteiger partial charge in [0.1, 0.15) is 0 Å². The third kappa shape index (κ3) is 2.83. The number of piperazine rings is 1. The number of rotatable bonds is 3. The van der Waals surface area contributed by atoms with Crippen molar-refractivity contribution in [1.29, 1.82) is 0 Å². The average Bonchev–Trinajstić information content (AvgIpc) is 2.40. The Labute approximate surface area is 107 Å². The molecular formula is C14H29N3. The molecule has 0 amide bonds. The van der Waals surface area contributed by atoms with Crippen molar-refractivity contribution < 1.29 is 0 Å². The van der Waals surface area contributed by atoms with Crippen LogP contribution in [-0.4, -0.2) is 60.6 Å². The van der Waals surface area contributed by atoms with Crippen LogP contribution in [0.2, 0.25) is 0 Å². The van der Waals surface area contributed by atoms with Gasteiger partial charge >= 0.3 is 0 Å². The molecule has 0 aromatic heterocycles. The van der Waals surface area contributed by atoms with Crippen molar-refractivity contribution in [3.05, 3.63) is 0 Å². The molecule has 0 bridgehead atoms. The summed E-state index contributed by atoms with van der Waals surface area (Å²) in [6.07, 6.45) is 4.04. The lowest BCUT2D eigenvalue weighted by Gasteiger charge is -2.51. The fourth-order valence-electron chi connectivity index (χ4n) is 3.49. The zero-order valence-electron chi connectivity index (χ0n) is 11.8. The molecule has 2 aliphatic rings. The number of nitrogens with one attached hydrogen (secondary N) is 1. The third-order valence-corrected chi connectivity index (χ3v) is 4.90. The first-order valence-corrected chi connectivity index (χ1v) is 7.38. The van der Waals surface area contributed by atoms with Gasteiger partial charge in [0.25, 0.3) is 0 Å². The lowest BCUT2D eigenvalue weighted by molar-refractivity contribution is 0.00237. The number of hydrogen-bond acceptors (Lipinski definition) is 3. The summed E-state index contributed by atoms with van der Waals surface area (Å²) in [5.41, 5.74) is 0.507. The van der Waals surface area contributed by atoms with Gasteiger partial charge in [0.2, 0.25) is 0 Å². The van der Waals surface area contributed by atoms with Crippen molar-refractivity contribution in [3.8, 4) is 0 Å². The molecule has 0 unspecified atom stereocenters. The Morgan fingerprint density at radius 3 is 2.12 bits per heavy atom. The largest absolute Gasteiger partial charge is 0.314 e. The van der Waals surface area contributed by atoms with Gasteiger partial charge in [-0.15, -0.1) is 0 Å². The summed E-state index contributed by atoms with van der Waals surface area (Å²) in [5, 5.41) is 3.47. The molecule has 2 aliphatic heterocycles. The summed E-state index contributed by atoms with van der Waals surface area (Å²) >= 11 is 0. The second-order valence-electron chi connectivity index (χ2n) is 5.94. The topological polar surface area (TPSA) is 18.5 Å². The molecule has 0 aliphatic carbocycles. The van der Waals surface area contributed by atoms with E-state index >= 15 is 0 Å². The Balaban J connectivity index is 1.96. The number of piperidine rings is 1. The normalized spacial score (nSPS) is 27.5. The van der Waals surface area contributed by atoms with E-state index in [9.17, 15) is 0 Å². The zero-order valence-corrected chi connectivity index (χ0v) is 11.8. The lowest BCUT2D eigenvalue weighted by Crippen LogP contribution is -2.60. The Kier molecular flexibility index (Phi) is 4.45. The fraction of sp³-hybridized carbons (Fsp3) is 1.00. The van der Waals surface area contributed by atoms with Gasteiger partial charge in [-0.3, -0.25) is 4.90 Å². The molecule has 2 heterocycles. The number of likely N-dealkylation sites (tertiary alicyclic amines) is 1. The average molecular weight is 239 g/mol. The third-order valence-electron chi connectivity index (χ3n) is 4.90. The van der Waals surface area contributed by atoms with Crippen molar-refractivity contribution in [2.24, 2.45) is 0 Å².